The van der Waals surface area contributed by atoms with Crippen molar-refractivity contribution in [2.75, 3.05) is 19.9 Å². The molecule has 0 bridgehead atoms. The SMILES string of the molecule is O=C1CCC[C@]2(CN(C(=O)c3ccc4c(c3)OCO4)C[C@H]2c2cccnc2)N1. The number of hydrogen-bond donors (Lipinski definition) is 1. The fraction of sp³-hybridized carbons (Fsp3) is 0.381. The van der Waals surface area contributed by atoms with Crippen LogP contribution in [0.25, 0.3) is 0 Å². The molecule has 1 N–H and O–H groups in total. The number of carbonyl (C=O) groups excluding carboxylic acids is 2. The summed E-state index contributed by atoms with van der Waals surface area (Å²) in [6, 6.07) is 9.18. The van der Waals surface area contributed by atoms with Crippen LogP contribution in [-0.2, 0) is 4.79 Å². The molecule has 5 rings (SSSR count). The first-order chi connectivity index (χ1) is 13.6. The molecule has 1 aromatic carbocycles. The van der Waals surface area contributed by atoms with Crippen LogP contribution in [0.2, 0.25) is 0 Å². The van der Waals surface area contributed by atoms with Gasteiger partial charge in [-0.25, -0.2) is 0 Å². The molecule has 1 spiro atoms. The van der Waals surface area contributed by atoms with Crippen molar-refractivity contribution in [3.63, 3.8) is 0 Å². The molecule has 0 radical (unpaired) electrons. The summed E-state index contributed by atoms with van der Waals surface area (Å²) in [5.74, 6) is 1.25. The number of fused-ring (bicyclic) bond motifs is 1. The Morgan fingerprint density at radius 2 is 2.14 bits per heavy atom. The van der Waals surface area contributed by atoms with Gasteiger partial charge in [0.2, 0.25) is 12.7 Å². The molecule has 3 aliphatic rings. The maximum atomic E-state index is 13.2. The molecule has 2 atom stereocenters. The zero-order chi connectivity index (χ0) is 19.1. The number of hydrogen-bond acceptors (Lipinski definition) is 5. The van der Waals surface area contributed by atoms with Crippen molar-refractivity contribution in [1.29, 1.82) is 0 Å². The summed E-state index contributed by atoms with van der Waals surface area (Å²) in [6.45, 7) is 1.21. The first-order valence-electron chi connectivity index (χ1n) is 9.54. The van der Waals surface area contributed by atoms with E-state index in [1.807, 2.05) is 23.2 Å². The number of aromatic nitrogens is 1. The maximum Gasteiger partial charge on any atom is 0.254 e. The molecule has 144 valence electrons. The van der Waals surface area contributed by atoms with Crippen LogP contribution in [0.3, 0.4) is 0 Å². The van der Waals surface area contributed by atoms with Crippen LogP contribution in [0.4, 0.5) is 0 Å². The van der Waals surface area contributed by atoms with E-state index in [0.717, 1.165) is 18.4 Å². The molecule has 7 heteroatoms. The second kappa shape index (κ2) is 6.51. The van der Waals surface area contributed by atoms with Gasteiger partial charge in [-0.05, 0) is 42.7 Å². The molecule has 0 saturated carbocycles. The molecule has 28 heavy (non-hydrogen) atoms. The molecular weight excluding hydrogens is 358 g/mol. The van der Waals surface area contributed by atoms with E-state index >= 15 is 0 Å². The predicted molar refractivity (Wildman–Crippen MR) is 100 cm³/mol. The van der Waals surface area contributed by atoms with Gasteiger partial charge in [-0.3, -0.25) is 14.6 Å². The number of nitrogens with zero attached hydrogens (tertiary/aromatic N) is 2. The molecule has 2 fully saturated rings. The number of piperidine rings is 1. The van der Waals surface area contributed by atoms with Gasteiger partial charge < -0.3 is 19.7 Å². The van der Waals surface area contributed by atoms with E-state index in [1.54, 1.807) is 24.4 Å². The van der Waals surface area contributed by atoms with Gasteiger partial charge in [-0.15, -0.1) is 0 Å². The summed E-state index contributed by atoms with van der Waals surface area (Å²) >= 11 is 0. The van der Waals surface area contributed by atoms with Gasteiger partial charge in [0, 0.05) is 43.4 Å². The third-order valence-corrected chi connectivity index (χ3v) is 5.95. The number of ether oxygens (including phenoxy) is 2. The standard InChI is InChI=1S/C21H21N3O4/c25-19-4-1-7-21(23-19)12-24(11-16(21)15-3-2-8-22-10-15)20(26)14-5-6-17-18(9-14)28-13-27-17/h2-3,5-6,8-10,16H,1,4,7,11-13H2,(H,23,25)/t16-,21+/m0/s1. The molecule has 7 nitrogen and oxygen atoms in total. The van der Waals surface area contributed by atoms with Gasteiger partial charge in [0.25, 0.3) is 5.91 Å². The lowest BCUT2D eigenvalue weighted by Gasteiger charge is -2.39. The van der Waals surface area contributed by atoms with E-state index in [9.17, 15) is 9.59 Å². The largest absolute Gasteiger partial charge is 0.454 e. The van der Waals surface area contributed by atoms with Crippen molar-refractivity contribution in [1.82, 2.24) is 15.2 Å². The fourth-order valence-corrected chi connectivity index (χ4v) is 4.63. The van der Waals surface area contributed by atoms with Gasteiger partial charge >= 0.3 is 0 Å². The lowest BCUT2D eigenvalue weighted by molar-refractivity contribution is -0.125. The van der Waals surface area contributed by atoms with E-state index in [1.165, 1.54) is 0 Å². The summed E-state index contributed by atoms with van der Waals surface area (Å²) in [6.07, 6.45) is 5.79. The second-order valence-electron chi connectivity index (χ2n) is 7.65. The molecule has 3 aliphatic heterocycles. The average Bonchev–Trinajstić information content (AvgIpc) is 3.32. The normalized spacial score (nSPS) is 25.8. The van der Waals surface area contributed by atoms with Crippen LogP contribution >= 0.6 is 0 Å². The number of rotatable bonds is 2. The van der Waals surface area contributed by atoms with Crippen LogP contribution in [0.5, 0.6) is 11.5 Å². The summed E-state index contributed by atoms with van der Waals surface area (Å²) < 4.78 is 10.7. The van der Waals surface area contributed by atoms with E-state index in [-0.39, 0.29) is 24.5 Å². The van der Waals surface area contributed by atoms with Crippen LogP contribution in [0.15, 0.2) is 42.7 Å². The van der Waals surface area contributed by atoms with Crippen molar-refractivity contribution in [2.24, 2.45) is 0 Å². The Labute approximate surface area is 162 Å². The van der Waals surface area contributed by atoms with Crippen molar-refractivity contribution in [3.8, 4) is 11.5 Å². The van der Waals surface area contributed by atoms with Crippen molar-refractivity contribution in [2.45, 2.75) is 30.7 Å². The maximum absolute atomic E-state index is 13.2. The number of carbonyl (C=O) groups is 2. The highest BCUT2D eigenvalue weighted by Crippen LogP contribution is 2.42. The lowest BCUT2D eigenvalue weighted by atomic mass is 9.77. The van der Waals surface area contributed by atoms with Crippen molar-refractivity contribution < 1.29 is 19.1 Å². The van der Waals surface area contributed by atoms with Crippen LogP contribution in [0.1, 0.15) is 41.1 Å². The summed E-state index contributed by atoms with van der Waals surface area (Å²) in [5.41, 5.74) is 1.17. The van der Waals surface area contributed by atoms with E-state index in [0.29, 0.717) is 36.6 Å². The van der Waals surface area contributed by atoms with Gasteiger partial charge in [-0.2, -0.15) is 0 Å². The molecule has 2 saturated heterocycles. The minimum atomic E-state index is -0.440. The van der Waals surface area contributed by atoms with Crippen LogP contribution in [-0.4, -0.2) is 47.1 Å². The van der Waals surface area contributed by atoms with Gasteiger partial charge in [0.1, 0.15) is 0 Å². The summed E-state index contributed by atoms with van der Waals surface area (Å²) in [4.78, 5) is 31.5. The number of pyridine rings is 1. The quantitative estimate of drug-likeness (QED) is 0.864. The third-order valence-electron chi connectivity index (χ3n) is 5.95. The first-order valence-corrected chi connectivity index (χ1v) is 9.54. The number of amides is 2. The molecule has 2 amide bonds. The second-order valence-corrected chi connectivity index (χ2v) is 7.65. The Kier molecular flexibility index (Phi) is 3.96. The van der Waals surface area contributed by atoms with Crippen LogP contribution in [0, 0.1) is 0 Å². The van der Waals surface area contributed by atoms with E-state index < -0.39 is 5.54 Å². The Balaban J connectivity index is 1.46. The highest BCUT2D eigenvalue weighted by molar-refractivity contribution is 5.95. The highest BCUT2D eigenvalue weighted by Gasteiger charge is 2.50. The molecular formula is C21H21N3O4. The molecule has 4 heterocycles. The smallest absolute Gasteiger partial charge is 0.254 e. The Bertz CT molecular complexity index is 933. The van der Waals surface area contributed by atoms with Crippen molar-refractivity contribution >= 4 is 11.8 Å². The van der Waals surface area contributed by atoms with Crippen LogP contribution < -0.4 is 14.8 Å². The molecule has 2 aromatic rings. The minimum Gasteiger partial charge on any atom is -0.454 e. The molecule has 0 aliphatic carbocycles. The topological polar surface area (TPSA) is 80.8 Å². The molecule has 1 aromatic heterocycles. The lowest BCUT2D eigenvalue weighted by Crippen LogP contribution is -2.56. The number of likely N-dealkylation sites (tertiary alicyclic amines) is 1. The summed E-state index contributed by atoms with van der Waals surface area (Å²) in [5, 5.41) is 3.21. The van der Waals surface area contributed by atoms with Gasteiger partial charge in [0.05, 0.1) is 5.54 Å². The van der Waals surface area contributed by atoms with E-state index in [2.05, 4.69) is 10.3 Å². The summed E-state index contributed by atoms with van der Waals surface area (Å²) in [7, 11) is 0. The van der Waals surface area contributed by atoms with E-state index in [4.69, 9.17) is 9.47 Å². The monoisotopic (exact) mass is 379 g/mol. The number of nitrogens with one attached hydrogen (secondary N) is 1. The Hall–Kier alpha value is -3.09. The fourth-order valence-electron chi connectivity index (χ4n) is 4.63. The van der Waals surface area contributed by atoms with Crippen molar-refractivity contribution in [3.05, 3.63) is 53.9 Å². The third kappa shape index (κ3) is 2.78. The minimum absolute atomic E-state index is 0.0170. The first kappa shape index (κ1) is 17.0. The van der Waals surface area contributed by atoms with Gasteiger partial charge in [0.15, 0.2) is 11.5 Å². The predicted octanol–water partition coefficient (Wildman–Crippen LogP) is 2.09. The zero-order valence-corrected chi connectivity index (χ0v) is 15.4. The van der Waals surface area contributed by atoms with Gasteiger partial charge in [-0.1, -0.05) is 6.07 Å². The zero-order valence-electron chi connectivity index (χ0n) is 15.4. The Morgan fingerprint density at radius 3 is 2.96 bits per heavy atom. The number of benzene rings is 1. The average molecular weight is 379 g/mol. The highest BCUT2D eigenvalue weighted by atomic mass is 16.7. The Morgan fingerprint density at radius 1 is 1.25 bits per heavy atom. The molecule has 0 unspecified atom stereocenters.